The Morgan fingerprint density at radius 2 is 1.93 bits per heavy atom. The van der Waals surface area contributed by atoms with Gasteiger partial charge in [-0.25, -0.2) is 0 Å². The van der Waals surface area contributed by atoms with Crippen LogP contribution in [0.25, 0.3) is 0 Å². The molecule has 3 aromatic rings. The lowest BCUT2D eigenvalue weighted by atomic mass is 10.1. The van der Waals surface area contributed by atoms with Gasteiger partial charge in [-0.1, -0.05) is 18.2 Å². The van der Waals surface area contributed by atoms with E-state index >= 15 is 0 Å². The zero-order chi connectivity index (χ0) is 19.2. The molecular formula is C21H24N4O2. The summed E-state index contributed by atoms with van der Waals surface area (Å²) in [5.41, 5.74) is 3.65. The molecule has 6 heteroatoms. The van der Waals surface area contributed by atoms with E-state index in [0.29, 0.717) is 18.7 Å². The van der Waals surface area contributed by atoms with Crippen molar-refractivity contribution in [2.24, 2.45) is 7.05 Å². The molecule has 0 radical (unpaired) electrons. The molecule has 0 bridgehead atoms. The zero-order valence-electron chi connectivity index (χ0n) is 15.9. The van der Waals surface area contributed by atoms with Crippen molar-refractivity contribution in [3.8, 4) is 5.75 Å². The number of rotatable bonds is 7. The van der Waals surface area contributed by atoms with Gasteiger partial charge in [0.15, 0.2) is 0 Å². The molecule has 140 valence electrons. The van der Waals surface area contributed by atoms with Crippen LogP contribution in [-0.2, 0) is 20.0 Å². The third-order valence-electron chi connectivity index (χ3n) is 4.68. The molecule has 2 aromatic heterocycles. The summed E-state index contributed by atoms with van der Waals surface area (Å²) in [6, 6.07) is 11.8. The van der Waals surface area contributed by atoms with Crippen molar-refractivity contribution >= 4 is 5.91 Å². The van der Waals surface area contributed by atoms with E-state index in [4.69, 9.17) is 4.74 Å². The molecule has 0 spiro atoms. The van der Waals surface area contributed by atoms with Crippen molar-refractivity contribution in [3.63, 3.8) is 0 Å². The van der Waals surface area contributed by atoms with Crippen LogP contribution in [0.3, 0.4) is 0 Å². The van der Waals surface area contributed by atoms with Crippen LogP contribution < -0.4 is 4.74 Å². The van der Waals surface area contributed by atoms with Crippen molar-refractivity contribution in [2.45, 2.75) is 19.9 Å². The number of hydrogen-bond acceptors (Lipinski definition) is 4. The molecular weight excluding hydrogens is 340 g/mol. The predicted molar refractivity (Wildman–Crippen MR) is 104 cm³/mol. The highest BCUT2D eigenvalue weighted by atomic mass is 16.5. The Morgan fingerprint density at radius 1 is 1.15 bits per heavy atom. The lowest BCUT2D eigenvalue weighted by molar-refractivity contribution is 0.0744. The van der Waals surface area contributed by atoms with Gasteiger partial charge in [0, 0.05) is 38.2 Å². The number of aromatic nitrogens is 3. The molecule has 0 atom stereocenters. The lowest BCUT2D eigenvalue weighted by Gasteiger charge is -2.23. The third-order valence-corrected chi connectivity index (χ3v) is 4.68. The van der Waals surface area contributed by atoms with E-state index in [1.807, 2.05) is 55.3 Å². The first kappa shape index (κ1) is 18.6. The Labute approximate surface area is 159 Å². The minimum atomic E-state index is -0.0158. The maximum atomic E-state index is 13.1. The van der Waals surface area contributed by atoms with Crippen LogP contribution in [0.1, 0.15) is 27.2 Å². The Hall–Kier alpha value is -3.15. The molecule has 1 amide bonds. The Bertz CT molecular complexity index is 888. The fourth-order valence-electron chi connectivity index (χ4n) is 2.90. The summed E-state index contributed by atoms with van der Waals surface area (Å²) in [5, 5.41) is 4.21. The van der Waals surface area contributed by atoms with E-state index in [0.717, 1.165) is 29.0 Å². The maximum absolute atomic E-state index is 13.1. The van der Waals surface area contributed by atoms with Crippen LogP contribution in [0.15, 0.2) is 55.0 Å². The maximum Gasteiger partial charge on any atom is 0.257 e. The molecule has 0 fully saturated rings. The molecule has 2 heterocycles. The number of methoxy groups -OCH3 is 1. The van der Waals surface area contributed by atoms with Crippen molar-refractivity contribution in [1.82, 2.24) is 19.7 Å². The highest BCUT2D eigenvalue weighted by Crippen LogP contribution is 2.16. The second kappa shape index (κ2) is 8.49. The van der Waals surface area contributed by atoms with Crippen LogP contribution in [0.4, 0.5) is 0 Å². The first-order chi connectivity index (χ1) is 13.1. The van der Waals surface area contributed by atoms with Crippen molar-refractivity contribution < 1.29 is 9.53 Å². The number of carbonyl (C=O) groups is 1. The number of hydrogen-bond donors (Lipinski definition) is 0. The van der Waals surface area contributed by atoms with Gasteiger partial charge >= 0.3 is 0 Å². The highest BCUT2D eigenvalue weighted by molar-refractivity contribution is 5.95. The van der Waals surface area contributed by atoms with E-state index in [1.54, 1.807) is 30.4 Å². The number of benzene rings is 1. The molecule has 0 aliphatic heterocycles. The average molecular weight is 364 g/mol. The Morgan fingerprint density at radius 3 is 2.52 bits per heavy atom. The van der Waals surface area contributed by atoms with E-state index in [1.165, 1.54) is 0 Å². The highest BCUT2D eigenvalue weighted by Gasteiger charge is 2.20. The minimum Gasteiger partial charge on any atom is -0.497 e. The molecule has 3 rings (SSSR count). The monoisotopic (exact) mass is 364 g/mol. The van der Waals surface area contributed by atoms with Gasteiger partial charge in [-0.3, -0.25) is 14.5 Å². The summed E-state index contributed by atoms with van der Waals surface area (Å²) >= 11 is 0. The number of amides is 1. The van der Waals surface area contributed by atoms with Gasteiger partial charge < -0.3 is 9.64 Å². The largest absolute Gasteiger partial charge is 0.497 e. The second-order valence-corrected chi connectivity index (χ2v) is 6.45. The molecule has 0 N–H and O–H groups in total. The predicted octanol–water partition coefficient (Wildman–Crippen LogP) is 3.02. The summed E-state index contributed by atoms with van der Waals surface area (Å²) in [7, 11) is 3.49. The number of pyridine rings is 1. The van der Waals surface area contributed by atoms with E-state index in [-0.39, 0.29) is 5.91 Å². The molecule has 1 aromatic carbocycles. The average Bonchev–Trinajstić information content (AvgIpc) is 3.04. The van der Waals surface area contributed by atoms with Gasteiger partial charge in [0.05, 0.1) is 18.9 Å². The van der Waals surface area contributed by atoms with Gasteiger partial charge in [0.1, 0.15) is 5.75 Å². The smallest absolute Gasteiger partial charge is 0.257 e. The van der Waals surface area contributed by atoms with Crippen LogP contribution in [0.5, 0.6) is 5.75 Å². The normalized spacial score (nSPS) is 10.6. The number of aryl methyl sites for hydroxylation is 1. The zero-order valence-corrected chi connectivity index (χ0v) is 15.9. The SMILES string of the molecule is COc1ccc(CCN(Cc2cccnc2)C(=O)c2cnn(C)c2C)cc1. The standard InChI is InChI=1S/C21H24N4O2/c1-16-20(14-23-24(16)2)21(26)25(15-18-5-4-11-22-13-18)12-10-17-6-8-19(27-3)9-7-17/h4-9,11,13-14H,10,12,15H2,1-3H3. The number of ether oxygens (including phenoxy) is 1. The summed E-state index contributed by atoms with van der Waals surface area (Å²) in [4.78, 5) is 19.2. The molecule has 0 unspecified atom stereocenters. The van der Waals surface area contributed by atoms with Gasteiger partial charge in [-0.05, 0) is 42.7 Å². The first-order valence-corrected chi connectivity index (χ1v) is 8.88. The van der Waals surface area contributed by atoms with E-state index in [2.05, 4.69) is 10.1 Å². The summed E-state index contributed by atoms with van der Waals surface area (Å²) in [6.07, 6.45) is 5.93. The summed E-state index contributed by atoms with van der Waals surface area (Å²) in [5.74, 6) is 0.811. The third kappa shape index (κ3) is 4.53. The fraction of sp³-hybridized carbons (Fsp3) is 0.286. The van der Waals surface area contributed by atoms with E-state index < -0.39 is 0 Å². The molecule has 0 aliphatic rings. The minimum absolute atomic E-state index is 0.0158. The lowest BCUT2D eigenvalue weighted by Crippen LogP contribution is -2.32. The van der Waals surface area contributed by atoms with Crippen molar-refractivity contribution in [3.05, 3.63) is 77.4 Å². The second-order valence-electron chi connectivity index (χ2n) is 6.45. The molecule has 27 heavy (non-hydrogen) atoms. The first-order valence-electron chi connectivity index (χ1n) is 8.88. The van der Waals surface area contributed by atoms with Crippen molar-refractivity contribution in [2.75, 3.05) is 13.7 Å². The molecule has 0 saturated carbocycles. The van der Waals surface area contributed by atoms with Crippen LogP contribution in [-0.4, -0.2) is 39.2 Å². The fourth-order valence-corrected chi connectivity index (χ4v) is 2.90. The van der Waals surface area contributed by atoms with Gasteiger partial charge in [0.2, 0.25) is 0 Å². The van der Waals surface area contributed by atoms with Crippen LogP contribution in [0, 0.1) is 6.92 Å². The van der Waals surface area contributed by atoms with Gasteiger partial charge in [-0.15, -0.1) is 0 Å². The molecule has 0 aliphatic carbocycles. The quantitative estimate of drug-likeness (QED) is 0.647. The summed E-state index contributed by atoms with van der Waals surface area (Å²) in [6.45, 7) is 3.03. The number of carbonyl (C=O) groups excluding carboxylic acids is 1. The molecule has 0 saturated heterocycles. The Kier molecular flexibility index (Phi) is 5.86. The van der Waals surface area contributed by atoms with Crippen LogP contribution in [0.2, 0.25) is 0 Å². The molecule has 6 nitrogen and oxygen atoms in total. The topological polar surface area (TPSA) is 60.2 Å². The van der Waals surface area contributed by atoms with Gasteiger partial charge in [-0.2, -0.15) is 5.10 Å². The summed E-state index contributed by atoms with van der Waals surface area (Å²) < 4.78 is 6.93. The van der Waals surface area contributed by atoms with E-state index in [9.17, 15) is 4.79 Å². The van der Waals surface area contributed by atoms with Gasteiger partial charge in [0.25, 0.3) is 5.91 Å². The van der Waals surface area contributed by atoms with Crippen molar-refractivity contribution in [1.29, 1.82) is 0 Å². The van der Waals surface area contributed by atoms with Crippen LogP contribution >= 0.6 is 0 Å². The Balaban J connectivity index is 1.78. The number of nitrogens with zero attached hydrogens (tertiary/aromatic N) is 4.